The lowest BCUT2D eigenvalue weighted by Gasteiger charge is -2.16. The van der Waals surface area contributed by atoms with Crippen molar-refractivity contribution in [3.8, 4) is 5.75 Å². The van der Waals surface area contributed by atoms with Gasteiger partial charge in [0, 0.05) is 5.69 Å². The summed E-state index contributed by atoms with van der Waals surface area (Å²) in [7, 11) is -3.82. The molecule has 2 rings (SSSR count). The number of hydrogen-bond acceptors (Lipinski definition) is 5. The Morgan fingerprint density at radius 1 is 1.09 bits per heavy atom. The summed E-state index contributed by atoms with van der Waals surface area (Å²) in [5, 5.41) is 23.0. The molecule has 2 aromatic rings. The van der Waals surface area contributed by atoms with E-state index in [2.05, 4.69) is 4.72 Å². The summed E-state index contributed by atoms with van der Waals surface area (Å²) < 4.78 is 25.9. The molecular formula is C15H11NO5S-2. The highest BCUT2D eigenvalue weighted by molar-refractivity contribution is 7.95. The third kappa shape index (κ3) is 4.10. The van der Waals surface area contributed by atoms with Gasteiger partial charge in [-0.05, 0) is 29.3 Å². The van der Waals surface area contributed by atoms with E-state index in [0.717, 1.165) is 17.5 Å². The fraction of sp³-hybridized carbons (Fsp3) is 0. The molecule has 0 amide bonds. The number of rotatable bonds is 5. The molecular weight excluding hydrogens is 306 g/mol. The van der Waals surface area contributed by atoms with Gasteiger partial charge >= 0.3 is 0 Å². The van der Waals surface area contributed by atoms with E-state index in [1.807, 2.05) is 0 Å². The molecule has 0 spiro atoms. The van der Waals surface area contributed by atoms with Crippen LogP contribution in [0.4, 0.5) is 5.69 Å². The van der Waals surface area contributed by atoms with E-state index in [0.29, 0.717) is 5.56 Å². The van der Waals surface area contributed by atoms with Crippen LogP contribution >= 0.6 is 0 Å². The third-order valence-corrected chi connectivity index (χ3v) is 3.72. The van der Waals surface area contributed by atoms with Gasteiger partial charge in [0.2, 0.25) is 0 Å². The summed E-state index contributed by atoms with van der Waals surface area (Å²) in [5.74, 6) is -2.43. The standard InChI is InChI=1S/C15H13NO5S/c17-14-10-12(6-7-13(14)15(18)19)16-22(20,21)9-8-11-4-2-1-3-5-11/h1-10,16-17H,(H,18,19)/p-2. The molecule has 22 heavy (non-hydrogen) atoms. The van der Waals surface area contributed by atoms with Gasteiger partial charge in [-0.15, -0.1) is 0 Å². The summed E-state index contributed by atoms with van der Waals surface area (Å²) in [6.07, 6.45) is 1.40. The fourth-order valence-corrected chi connectivity index (χ4v) is 2.54. The van der Waals surface area contributed by atoms with E-state index in [4.69, 9.17) is 0 Å². The molecule has 0 saturated carbocycles. The van der Waals surface area contributed by atoms with Crippen LogP contribution in [0.5, 0.6) is 5.75 Å². The molecule has 6 nitrogen and oxygen atoms in total. The number of carbonyl (C=O) groups excluding carboxylic acids is 1. The monoisotopic (exact) mass is 317 g/mol. The Hall–Kier alpha value is -2.80. The van der Waals surface area contributed by atoms with Gasteiger partial charge in [-0.3, -0.25) is 4.72 Å². The van der Waals surface area contributed by atoms with E-state index in [1.54, 1.807) is 30.3 Å². The van der Waals surface area contributed by atoms with Crippen LogP contribution in [0.15, 0.2) is 53.9 Å². The smallest absolute Gasteiger partial charge is 0.255 e. The Kier molecular flexibility index (Phi) is 4.47. The van der Waals surface area contributed by atoms with Crippen molar-refractivity contribution in [3.05, 3.63) is 65.1 Å². The second-order valence-electron chi connectivity index (χ2n) is 4.36. The molecule has 0 radical (unpaired) electrons. The van der Waals surface area contributed by atoms with E-state index >= 15 is 0 Å². The van der Waals surface area contributed by atoms with Gasteiger partial charge in [-0.2, -0.15) is 0 Å². The molecule has 0 aliphatic carbocycles. The van der Waals surface area contributed by atoms with Gasteiger partial charge in [0.25, 0.3) is 10.0 Å². The SMILES string of the molecule is O=C([O-])c1ccc(NS(=O)(=O)C=Cc2ccccc2)cc1[O-]. The average Bonchev–Trinajstić information content (AvgIpc) is 2.45. The molecule has 0 bridgehead atoms. The predicted octanol–water partition coefficient (Wildman–Crippen LogP) is 0.536. The Balaban J connectivity index is 2.17. The van der Waals surface area contributed by atoms with E-state index in [-0.39, 0.29) is 5.69 Å². The number of carboxylic acids is 1. The Labute approximate surface area is 127 Å². The molecule has 0 saturated heterocycles. The van der Waals surface area contributed by atoms with Crippen molar-refractivity contribution in [2.75, 3.05) is 4.72 Å². The van der Waals surface area contributed by atoms with E-state index < -0.39 is 27.3 Å². The molecule has 2 aromatic carbocycles. The summed E-state index contributed by atoms with van der Waals surface area (Å²) >= 11 is 0. The van der Waals surface area contributed by atoms with Crippen LogP contribution in [0.1, 0.15) is 15.9 Å². The maximum absolute atomic E-state index is 11.9. The highest BCUT2D eigenvalue weighted by atomic mass is 32.2. The minimum Gasteiger partial charge on any atom is -0.872 e. The van der Waals surface area contributed by atoms with Crippen LogP contribution in [0.25, 0.3) is 6.08 Å². The van der Waals surface area contributed by atoms with Crippen molar-refractivity contribution in [2.24, 2.45) is 0 Å². The number of benzene rings is 2. The fourth-order valence-electron chi connectivity index (χ4n) is 1.69. The molecule has 1 N–H and O–H groups in total. The quantitative estimate of drug-likeness (QED) is 0.865. The lowest BCUT2D eigenvalue weighted by atomic mass is 10.2. The maximum Gasteiger partial charge on any atom is 0.255 e. The molecule has 0 atom stereocenters. The van der Waals surface area contributed by atoms with Gasteiger partial charge < -0.3 is 15.0 Å². The first-order chi connectivity index (χ1) is 10.4. The minimum atomic E-state index is -3.82. The van der Waals surface area contributed by atoms with Crippen LogP contribution in [-0.2, 0) is 10.0 Å². The molecule has 0 aliphatic heterocycles. The molecule has 0 heterocycles. The first-order valence-electron chi connectivity index (χ1n) is 6.16. The molecule has 0 unspecified atom stereocenters. The largest absolute Gasteiger partial charge is 0.872 e. The maximum atomic E-state index is 11.9. The normalized spacial score (nSPS) is 11.5. The first kappa shape index (κ1) is 15.6. The predicted molar refractivity (Wildman–Crippen MR) is 78.2 cm³/mol. The highest BCUT2D eigenvalue weighted by Crippen LogP contribution is 2.20. The average molecular weight is 317 g/mol. The molecule has 0 fully saturated rings. The van der Waals surface area contributed by atoms with Gasteiger partial charge in [-0.25, -0.2) is 8.42 Å². The number of carboxylic acid groups (broad SMARTS) is 1. The highest BCUT2D eigenvalue weighted by Gasteiger charge is 2.06. The van der Waals surface area contributed by atoms with Gasteiger partial charge in [-0.1, -0.05) is 42.1 Å². The van der Waals surface area contributed by atoms with Crippen molar-refractivity contribution in [3.63, 3.8) is 0 Å². The number of sulfonamides is 1. The van der Waals surface area contributed by atoms with Crippen molar-refractivity contribution in [1.29, 1.82) is 0 Å². The zero-order valence-electron chi connectivity index (χ0n) is 11.2. The van der Waals surface area contributed by atoms with Crippen molar-refractivity contribution in [1.82, 2.24) is 0 Å². The summed E-state index contributed by atoms with van der Waals surface area (Å²) in [5.41, 5.74) is 0.153. The van der Waals surface area contributed by atoms with E-state index in [9.17, 15) is 23.4 Å². The molecule has 114 valence electrons. The minimum absolute atomic E-state index is 0.0206. The van der Waals surface area contributed by atoms with Crippen molar-refractivity contribution >= 4 is 27.8 Å². The summed E-state index contributed by atoms with van der Waals surface area (Å²) in [4.78, 5) is 10.6. The first-order valence-corrected chi connectivity index (χ1v) is 7.70. The number of carbonyl (C=O) groups is 1. The number of hydrogen-bond donors (Lipinski definition) is 1. The van der Waals surface area contributed by atoms with Crippen LogP contribution in [0, 0.1) is 0 Å². The van der Waals surface area contributed by atoms with Crippen molar-refractivity contribution < 1.29 is 23.4 Å². The van der Waals surface area contributed by atoms with Crippen LogP contribution in [0.3, 0.4) is 0 Å². The molecule has 0 aromatic heterocycles. The van der Waals surface area contributed by atoms with Gasteiger partial charge in [0.15, 0.2) is 0 Å². The van der Waals surface area contributed by atoms with Crippen LogP contribution < -0.4 is 14.9 Å². The topological polar surface area (TPSA) is 109 Å². The Morgan fingerprint density at radius 3 is 2.36 bits per heavy atom. The zero-order valence-corrected chi connectivity index (χ0v) is 12.0. The second-order valence-corrected chi connectivity index (χ2v) is 5.93. The van der Waals surface area contributed by atoms with Crippen molar-refractivity contribution in [2.45, 2.75) is 0 Å². The van der Waals surface area contributed by atoms with Gasteiger partial charge in [0.1, 0.15) is 0 Å². The van der Waals surface area contributed by atoms with Crippen LogP contribution in [-0.4, -0.2) is 14.4 Å². The second kappa shape index (κ2) is 6.31. The van der Waals surface area contributed by atoms with E-state index in [1.165, 1.54) is 12.1 Å². The number of nitrogens with one attached hydrogen (secondary N) is 1. The summed E-state index contributed by atoms with van der Waals surface area (Å²) in [6.45, 7) is 0. The number of aromatic carboxylic acids is 1. The van der Waals surface area contributed by atoms with Crippen LogP contribution in [0.2, 0.25) is 0 Å². The lowest BCUT2D eigenvalue weighted by Crippen LogP contribution is -2.23. The Bertz CT molecular complexity index is 813. The third-order valence-electron chi connectivity index (χ3n) is 2.70. The molecule has 0 aliphatic rings. The number of anilines is 1. The lowest BCUT2D eigenvalue weighted by molar-refractivity contribution is -0.275. The molecule has 7 heteroatoms. The Morgan fingerprint density at radius 2 is 1.77 bits per heavy atom. The van der Waals surface area contributed by atoms with Gasteiger partial charge in [0.05, 0.1) is 11.4 Å². The zero-order chi connectivity index (χ0) is 16.2. The summed E-state index contributed by atoms with van der Waals surface area (Å²) in [6, 6.07) is 11.9.